The summed E-state index contributed by atoms with van der Waals surface area (Å²) in [5.74, 6) is -1.04. The molecule has 7 heteroatoms. The highest BCUT2D eigenvalue weighted by atomic mass is 79.9. The van der Waals surface area contributed by atoms with Crippen LogP contribution in [0, 0.1) is 0 Å². The monoisotopic (exact) mass is 350 g/mol. The zero-order chi connectivity index (χ0) is 15.4. The Morgan fingerprint density at radius 1 is 1.29 bits per heavy atom. The van der Waals surface area contributed by atoms with Crippen LogP contribution < -0.4 is 10.1 Å². The third-order valence-electron chi connectivity index (χ3n) is 2.62. The molecule has 6 nitrogen and oxygen atoms in total. The summed E-state index contributed by atoms with van der Waals surface area (Å²) in [7, 11) is 1.46. The van der Waals surface area contributed by atoms with Crippen LogP contribution >= 0.6 is 15.9 Å². The second kappa shape index (κ2) is 6.36. The van der Waals surface area contributed by atoms with Gasteiger partial charge < -0.3 is 15.2 Å². The Kier molecular flexibility index (Phi) is 4.54. The molecule has 1 aromatic heterocycles. The van der Waals surface area contributed by atoms with Crippen molar-refractivity contribution in [3.05, 3.63) is 52.1 Å². The molecule has 0 atom stereocenters. The van der Waals surface area contributed by atoms with Gasteiger partial charge in [0, 0.05) is 4.47 Å². The Bertz CT molecular complexity index is 703. The van der Waals surface area contributed by atoms with Crippen LogP contribution in [-0.4, -0.2) is 29.1 Å². The molecule has 0 aliphatic rings. The van der Waals surface area contributed by atoms with Crippen LogP contribution in [0.3, 0.4) is 0 Å². The Labute approximate surface area is 128 Å². The highest BCUT2D eigenvalue weighted by Gasteiger charge is 2.14. The molecule has 108 valence electrons. The van der Waals surface area contributed by atoms with Crippen molar-refractivity contribution in [2.45, 2.75) is 0 Å². The Balaban J connectivity index is 2.26. The van der Waals surface area contributed by atoms with Gasteiger partial charge in [0.25, 0.3) is 5.91 Å². The van der Waals surface area contributed by atoms with Gasteiger partial charge in [-0.15, -0.1) is 0 Å². The second-order valence-corrected chi connectivity index (χ2v) is 4.93. The van der Waals surface area contributed by atoms with Crippen molar-refractivity contribution in [2.24, 2.45) is 0 Å². The van der Waals surface area contributed by atoms with Crippen molar-refractivity contribution >= 4 is 33.6 Å². The fraction of sp³-hybridized carbons (Fsp3) is 0.0714. The van der Waals surface area contributed by atoms with Gasteiger partial charge in [-0.1, -0.05) is 22.0 Å². The minimum absolute atomic E-state index is 0.143. The predicted octanol–water partition coefficient (Wildman–Crippen LogP) is 2.80. The van der Waals surface area contributed by atoms with E-state index >= 15 is 0 Å². The fourth-order valence-electron chi connectivity index (χ4n) is 1.66. The van der Waals surface area contributed by atoms with E-state index in [9.17, 15) is 9.59 Å². The molecule has 0 saturated carbocycles. The van der Waals surface area contributed by atoms with Gasteiger partial charge in [0.05, 0.1) is 12.7 Å². The summed E-state index contributed by atoms with van der Waals surface area (Å²) in [6.07, 6.45) is 0. The molecule has 0 bridgehead atoms. The van der Waals surface area contributed by atoms with Gasteiger partial charge in [-0.3, -0.25) is 4.79 Å². The van der Waals surface area contributed by atoms with E-state index in [1.165, 1.54) is 25.3 Å². The van der Waals surface area contributed by atoms with Crippen LogP contribution in [0.15, 0.2) is 40.9 Å². The number of pyridine rings is 1. The molecule has 1 aromatic carbocycles. The van der Waals surface area contributed by atoms with E-state index in [0.717, 1.165) is 4.47 Å². The standard InChI is InChI=1S/C14H11BrN2O4/c1-21-11-7-8(15)5-6-9(11)13(18)17-12-4-2-3-10(16-12)14(19)20/h2-7H,1H3,(H,19,20)(H,16,17,18). The number of carbonyl (C=O) groups is 2. The van der Waals surface area contributed by atoms with Gasteiger partial charge in [-0.05, 0) is 30.3 Å². The molecule has 0 saturated heterocycles. The van der Waals surface area contributed by atoms with Crippen LogP contribution in [0.4, 0.5) is 5.82 Å². The van der Waals surface area contributed by atoms with Crippen LogP contribution in [0.5, 0.6) is 5.75 Å². The Morgan fingerprint density at radius 2 is 2.05 bits per heavy atom. The molecule has 1 heterocycles. The summed E-state index contributed by atoms with van der Waals surface area (Å²) in [5.41, 5.74) is 0.179. The van der Waals surface area contributed by atoms with E-state index in [1.54, 1.807) is 18.2 Å². The number of carboxylic acids is 1. The maximum atomic E-state index is 12.2. The average Bonchev–Trinajstić information content (AvgIpc) is 2.47. The maximum absolute atomic E-state index is 12.2. The maximum Gasteiger partial charge on any atom is 0.354 e. The van der Waals surface area contributed by atoms with Crippen LogP contribution in [0.2, 0.25) is 0 Å². The molecule has 0 aliphatic heterocycles. The number of rotatable bonds is 4. The summed E-state index contributed by atoms with van der Waals surface area (Å²) in [4.78, 5) is 26.9. The number of carboxylic acid groups (broad SMARTS) is 1. The van der Waals surface area contributed by atoms with E-state index in [2.05, 4.69) is 26.2 Å². The smallest absolute Gasteiger partial charge is 0.354 e. The van der Waals surface area contributed by atoms with E-state index in [1.807, 2.05) is 0 Å². The third kappa shape index (κ3) is 3.57. The molecule has 1 amide bonds. The zero-order valence-electron chi connectivity index (χ0n) is 11.0. The second-order valence-electron chi connectivity index (χ2n) is 4.01. The quantitative estimate of drug-likeness (QED) is 0.884. The number of methoxy groups -OCH3 is 1. The van der Waals surface area contributed by atoms with Crippen molar-refractivity contribution in [3.63, 3.8) is 0 Å². The lowest BCUT2D eigenvalue weighted by Gasteiger charge is -2.09. The number of aromatic carboxylic acids is 1. The van der Waals surface area contributed by atoms with Gasteiger partial charge in [0.1, 0.15) is 11.6 Å². The van der Waals surface area contributed by atoms with E-state index in [0.29, 0.717) is 11.3 Å². The SMILES string of the molecule is COc1cc(Br)ccc1C(=O)Nc1cccc(C(=O)O)n1. The number of carbonyl (C=O) groups excluding carboxylic acids is 1. The lowest BCUT2D eigenvalue weighted by Crippen LogP contribution is -2.15. The van der Waals surface area contributed by atoms with Gasteiger partial charge in [0.2, 0.25) is 0 Å². The number of benzene rings is 1. The van der Waals surface area contributed by atoms with Gasteiger partial charge in [-0.2, -0.15) is 0 Å². The van der Waals surface area contributed by atoms with Crippen molar-refractivity contribution in [1.29, 1.82) is 0 Å². The number of aromatic nitrogens is 1. The minimum atomic E-state index is -1.16. The summed E-state index contributed by atoms with van der Waals surface area (Å²) < 4.78 is 5.92. The summed E-state index contributed by atoms with van der Waals surface area (Å²) >= 11 is 3.29. The van der Waals surface area contributed by atoms with E-state index in [4.69, 9.17) is 9.84 Å². The first-order valence-corrected chi connectivity index (χ1v) is 6.66. The molecule has 2 aromatic rings. The Morgan fingerprint density at radius 3 is 2.71 bits per heavy atom. The first kappa shape index (κ1) is 15.0. The van der Waals surface area contributed by atoms with Gasteiger partial charge in [0.15, 0.2) is 5.69 Å². The normalized spacial score (nSPS) is 10.0. The molecule has 0 unspecified atom stereocenters. The van der Waals surface area contributed by atoms with Crippen molar-refractivity contribution in [2.75, 3.05) is 12.4 Å². The first-order chi connectivity index (χ1) is 10.0. The van der Waals surface area contributed by atoms with Crippen LogP contribution in [0.1, 0.15) is 20.8 Å². The number of halogens is 1. The van der Waals surface area contributed by atoms with E-state index < -0.39 is 11.9 Å². The largest absolute Gasteiger partial charge is 0.496 e. The molecule has 0 spiro atoms. The highest BCUT2D eigenvalue weighted by molar-refractivity contribution is 9.10. The number of nitrogens with one attached hydrogen (secondary N) is 1. The molecule has 2 N–H and O–H groups in total. The topological polar surface area (TPSA) is 88.5 Å². The fourth-order valence-corrected chi connectivity index (χ4v) is 2.00. The first-order valence-electron chi connectivity index (χ1n) is 5.86. The molecular weight excluding hydrogens is 340 g/mol. The van der Waals surface area contributed by atoms with Crippen molar-refractivity contribution in [3.8, 4) is 5.75 Å². The molecular formula is C14H11BrN2O4. The minimum Gasteiger partial charge on any atom is -0.496 e. The molecule has 0 aliphatic carbocycles. The number of ether oxygens (including phenoxy) is 1. The predicted molar refractivity (Wildman–Crippen MR) is 79.8 cm³/mol. The number of hydrogen-bond acceptors (Lipinski definition) is 4. The molecule has 2 rings (SSSR count). The molecule has 21 heavy (non-hydrogen) atoms. The number of hydrogen-bond donors (Lipinski definition) is 2. The molecule has 0 fully saturated rings. The summed E-state index contributed by atoms with van der Waals surface area (Å²) in [5, 5.41) is 11.4. The zero-order valence-corrected chi connectivity index (χ0v) is 12.5. The number of amides is 1. The summed E-state index contributed by atoms with van der Waals surface area (Å²) in [6, 6.07) is 9.33. The van der Waals surface area contributed by atoms with Gasteiger partial charge in [-0.25, -0.2) is 9.78 Å². The number of nitrogens with zero attached hydrogens (tertiary/aromatic N) is 1. The van der Waals surface area contributed by atoms with Crippen molar-refractivity contribution < 1.29 is 19.4 Å². The number of anilines is 1. The lowest BCUT2D eigenvalue weighted by atomic mass is 10.2. The van der Waals surface area contributed by atoms with Crippen LogP contribution in [0.25, 0.3) is 0 Å². The third-order valence-corrected chi connectivity index (χ3v) is 3.11. The van der Waals surface area contributed by atoms with Gasteiger partial charge >= 0.3 is 5.97 Å². The van der Waals surface area contributed by atoms with E-state index in [-0.39, 0.29) is 11.5 Å². The lowest BCUT2D eigenvalue weighted by molar-refractivity contribution is 0.0690. The highest BCUT2D eigenvalue weighted by Crippen LogP contribution is 2.24. The summed E-state index contributed by atoms with van der Waals surface area (Å²) in [6.45, 7) is 0. The van der Waals surface area contributed by atoms with Crippen LogP contribution in [-0.2, 0) is 0 Å². The van der Waals surface area contributed by atoms with Crippen molar-refractivity contribution in [1.82, 2.24) is 4.98 Å². The average molecular weight is 351 g/mol. The Hall–Kier alpha value is -2.41. The molecule has 0 radical (unpaired) electrons.